The van der Waals surface area contributed by atoms with Crippen molar-refractivity contribution >= 4 is 34.9 Å². The van der Waals surface area contributed by atoms with E-state index in [1.165, 1.54) is 0 Å². The maximum absolute atomic E-state index is 11.5. The Labute approximate surface area is 89.0 Å². The first-order chi connectivity index (χ1) is 6.11. The summed E-state index contributed by atoms with van der Waals surface area (Å²) in [6.45, 7) is 3.00. The van der Waals surface area contributed by atoms with Gasteiger partial charge in [0.25, 0.3) is 0 Å². The van der Waals surface area contributed by atoms with Crippen LogP contribution in [-0.2, 0) is 4.79 Å². The molecule has 0 saturated heterocycles. The molecule has 13 heavy (non-hydrogen) atoms. The van der Waals surface area contributed by atoms with Crippen LogP contribution in [0.1, 0.15) is 13.3 Å². The van der Waals surface area contributed by atoms with Crippen molar-refractivity contribution in [3.8, 4) is 0 Å². The SMILES string of the molecule is CCN(CC(N)=S)C(=O)CCSC. The number of thioether (sulfide) groups is 1. The molecule has 3 nitrogen and oxygen atoms in total. The van der Waals surface area contributed by atoms with Gasteiger partial charge < -0.3 is 10.6 Å². The summed E-state index contributed by atoms with van der Waals surface area (Å²) in [4.78, 5) is 13.5. The van der Waals surface area contributed by atoms with Gasteiger partial charge in [-0.1, -0.05) is 12.2 Å². The van der Waals surface area contributed by atoms with Gasteiger partial charge in [-0.3, -0.25) is 4.79 Å². The van der Waals surface area contributed by atoms with Crippen LogP contribution in [0, 0.1) is 0 Å². The topological polar surface area (TPSA) is 46.3 Å². The molecule has 0 aromatic carbocycles. The van der Waals surface area contributed by atoms with E-state index in [-0.39, 0.29) is 5.91 Å². The van der Waals surface area contributed by atoms with Gasteiger partial charge in [0.2, 0.25) is 5.91 Å². The minimum Gasteiger partial charge on any atom is -0.392 e. The molecule has 5 heteroatoms. The monoisotopic (exact) mass is 220 g/mol. The van der Waals surface area contributed by atoms with Crippen molar-refractivity contribution < 1.29 is 4.79 Å². The van der Waals surface area contributed by atoms with Crippen LogP contribution < -0.4 is 5.73 Å². The zero-order valence-electron chi connectivity index (χ0n) is 8.08. The van der Waals surface area contributed by atoms with E-state index in [9.17, 15) is 4.79 Å². The molecular weight excluding hydrogens is 204 g/mol. The number of hydrogen-bond donors (Lipinski definition) is 1. The van der Waals surface area contributed by atoms with Crippen molar-refractivity contribution in [2.75, 3.05) is 25.1 Å². The molecule has 1 amide bonds. The van der Waals surface area contributed by atoms with E-state index in [1.807, 2.05) is 13.2 Å². The van der Waals surface area contributed by atoms with E-state index >= 15 is 0 Å². The van der Waals surface area contributed by atoms with Crippen molar-refractivity contribution in [1.29, 1.82) is 0 Å². The van der Waals surface area contributed by atoms with Crippen LogP contribution >= 0.6 is 24.0 Å². The van der Waals surface area contributed by atoms with Gasteiger partial charge in [0, 0.05) is 18.7 Å². The maximum Gasteiger partial charge on any atom is 0.223 e. The first-order valence-corrected chi connectivity index (χ1v) is 5.97. The molecule has 0 aliphatic carbocycles. The van der Waals surface area contributed by atoms with E-state index in [4.69, 9.17) is 18.0 Å². The number of amides is 1. The Morgan fingerprint density at radius 3 is 2.62 bits per heavy atom. The molecule has 0 rings (SSSR count). The largest absolute Gasteiger partial charge is 0.392 e. The van der Waals surface area contributed by atoms with Gasteiger partial charge in [-0.25, -0.2) is 0 Å². The van der Waals surface area contributed by atoms with Gasteiger partial charge in [-0.15, -0.1) is 0 Å². The molecule has 0 aromatic rings. The molecule has 2 N–H and O–H groups in total. The predicted octanol–water partition coefficient (Wildman–Crippen LogP) is 0.874. The molecule has 0 spiro atoms. The second-order valence-electron chi connectivity index (χ2n) is 2.62. The third-order valence-electron chi connectivity index (χ3n) is 1.60. The molecule has 0 saturated carbocycles. The molecule has 0 atom stereocenters. The zero-order valence-corrected chi connectivity index (χ0v) is 9.71. The van der Waals surface area contributed by atoms with Crippen LogP contribution in [0.3, 0.4) is 0 Å². The van der Waals surface area contributed by atoms with Gasteiger partial charge >= 0.3 is 0 Å². The minimum atomic E-state index is 0.129. The molecule has 0 heterocycles. The molecule has 0 radical (unpaired) electrons. The summed E-state index contributed by atoms with van der Waals surface area (Å²) in [7, 11) is 0. The Bertz CT molecular complexity index is 185. The van der Waals surface area contributed by atoms with Gasteiger partial charge in [-0.05, 0) is 13.2 Å². The molecule has 0 unspecified atom stereocenters. The Hall–Kier alpha value is -0.290. The van der Waals surface area contributed by atoms with Crippen LogP contribution in [-0.4, -0.2) is 40.9 Å². The third-order valence-corrected chi connectivity index (χ3v) is 2.34. The minimum absolute atomic E-state index is 0.129. The van der Waals surface area contributed by atoms with E-state index in [2.05, 4.69) is 0 Å². The van der Waals surface area contributed by atoms with Crippen molar-refractivity contribution in [1.82, 2.24) is 4.90 Å². The number of rotatable bonds is 6. The van der Waals surface area contributed by atoms with Crippen molar-refractivity contribution in [3.63, 3.8) is 0 Å². The maximum atomic E-state index is 11.5. The Morgan fingerprint density at radius 2 is 2.23 bits per heavy atom. The number of carbonyl (C=O) groups is 1. The summed E-state index contributed by atoms with van der Waals surface area (Å²) in [5.41, 5.74) is 5.37. The summed E-state index contributed by atoms with van der Waals surface area (Å²) >= 11 is 6.41. The Balaban J connectivity index is 3.92. The summed E-state index contributed by atoms with van der Waals surface area (Å²) < 4.78 is 0. The number of nitrogens with two attached hydrogens (primary N) is 1. The van der Waals surface area contributed by atoms with Gasteiger partial charge in [0.15, 0.2) is 0 Å². The van der Waals surface area contributed by atoms with Crippen LogP contribution in [0.15, 0.2) is 0 Å². The van der Waals surface area contributed by atoms with E-state index in [1.54, 1.807) is 16.7 Å². The summed E-state index contributed by atoms with van der Waals surface area (Å²) in [5.74, 6) is 0.983. The standard InChI is InChI=1S/C8H16N2OS2/c1-3-10(6-7(9)12)8(11)4-5-13-2/h3-6H2,1-2H3,(H2,9,12). The van der Waals surface area contributed by atoms with Crippen molar-refractivity contribution in [2.24, 2.45) is 5.73 Å². The van der Waals surface area contributed by atoms with Gasteiger partial charge in [0.1, 0.15) is 0 Å². The van der Waals surface area contributed by atoms with Crippen molar-refractivity contribution in [2.45, 2.75) is 13.3 Å². The molecular formula is C8H16N2OS2. The highest BCUT2D eigenvalue weighted by Gasteiger charge is 2.10. The number of thiocarbonyl (C=S) groups is 1. The van der Waals surface area contributed by atoms with E-state index in [0.717, 1.165) is 5.75 Å². The second-order valence-corrected chi connectivity index (χ2v) is 4.13. The molecule has 0 bridgehead atoms. The lowest BCUT2D eigenvalue weighted by Gasteiger charge is -2.19. The highest BCUT2D eigenvalue weighted by Crippen LogP contribution is 2.00. The first kappa shape index (κ1) is 12.7. The third kappa shape index (κ3) is 5.87. The van der Waals surface area contributed by atoms with Gasteiger partial charge in [-0.2, -0.15) is 11.8 Å². The Kier molecular flexibility index (Phi) is 6.99. The summed E-state index contributed by atoms with van der Waals surface area (Å²) in [6, 6.07) is 0. The smallest absolute Gasteiger partial charge is 0.223 e. The summed E-state index contributed by atoms with van der Waals surface area (Å²) in [6.07, 6.45) is 2.55. The number of likely N-dealkylation sites (N-methyl/N-ethyl adjacent to an activating group) is 1. The van der Waals surface area contributed by atoms with E-state index < -0.39 is 0 Å². The predicted molar refractivity (Wildman–Crippen MR) is 62.0 cm³/mol. The van der Waals surface area contributed by atoms with Crippen molar-refractivity contribution in [3.05, 3.63) is 0 Å². The van der Waals surface area contributed by atoms with E-state index in [0.29, 0.717) is 24.5 Å². The van der Waals surface area contributed by atoms with Crippen LogP contribution in [0.4, 0.5) is 0 Å². The fourth-order valence-corrected chi connectivity index (χ4v) is 1.45. The quantitative estimate of drug-likeness (QED) is 0.675. The molecule has 0 aliphatic rings. The lowest BCUT2D eigenvalue weighted by Crippen LogP contribution is -2.37. The van der Waals surface area contributed by atoms with Crippen LogP contribution in [0.25, 0.3) is 0 Å². The summed E-state index contributed by atoms with van der Waals surface area (Å²) in [5, 5.41) is 0. The highest BCUT2D eigenvalue weighted by molar-refractivity contribution is 7.98. The molecule has 0 aliphatic heterocycles. The molecule has 0 fully saturated rings. The van der Waals surface area contributed by atoms with Gasteiger partial charge in [0.05, 0.1) is 11.5 Å². The number of hydrogen-bond acceptors (Lipinski definition) is 3. The lowest BCUT2D eigenvalue weighted by molar-refractivity contribution is -0.129. The normalized spacial score (nSPS) is 9.69. The number of nitrogens with zero attached hydrogens (tertiary/aromatic N) is 1. The molecule has 0 aromatic heterocycles. The number of carbonyl (C=O) groups excluding carboxylic acids is 1. The average Bonchev–Trinajstić information content (AvgIpc) is 2.09. The fourth-order valence-electron chi connectivity index (χ4n) is 0.912. The Morgan fingerprint density at radius 1 is 1.62 bits per heavy atom. The highest BCUT2D eigenvalue weighted by atomic mass is 32.2. The fraction of sp³-hybridized carbons (Fsp3) is 0.750. The van der Waals surface area contributed by atoms with Crippen LogP contribution in [0.2, 0.25) is 0 Å². The first-order valence-electron chi connectivity index (χ1n) is 4.16. The van der Waals surface area contributed by atoms with Crippen LogP contribution in [0.5, 0.6) is 0 Å². The lowest BCUT2D eigenvalue weighted by atomic mass is 10.4. The second kappa shape index (κ2) is 7.15. The zero-order chi connectivity index (χ0) is 10.3. The molecule has 76 valence electrons. The average molecular weight is 220 g/mol.